The zero-order valence-corrected chi connectivity index (χ0v) is 15.3. The van der Waals surface area contributed by atoms with E-state index < -0.39 is 5.91 Å². The molecule has 2 aromatic carbocycles. The monoisotopic (exact) mass is 387 g/mol. The van der Waals surface area contributed by atoms with Gasteiger partial charge in [-0.3, -0.25) is 4.79 Å². The highest BCUT2D eigenvalue weighted by molar-refractivity contribution is 6.31. The Bertz CT molecular complexity index is 902. The van der Waals surface area contributed by atoms with Crippen molar-refractivity contribution in [2.75, 3.05) is 4.90 Å². The maximum Gasteiger partial charge on any atom is 0.252 e. The van der Waals surface area contributed by atoms with Gasteiger partial charge in [-0.1, -0.05) is 28.4 Å². The number of aryl methyl sites for hydroxylation is 1. The number of nitrogens with zero attached hydrogens (tertiary/aromatic N) is 2. The van der Waals surface area contributed by atoms with E-state index in [-0.39, 0.29) is 5.57 Å². The summed E-state index contributed by atoms with van der Waals surface area (Å²) in [6.07, 6.45) is 1.62. The molecule has 0 bridgehead atoms. The molecule has 1 aromatic heterocycles. The van der Waals surface area contributed by atoms with E-state index >= 15 is 0 Å². The van der Waals surface area contributed by atoms with Crippen LogP contribution < -0.4 is 10.6 Å². The normalized spacial score (nSPS) is 11.4. The Morgan fingerprint density at radius 2 is 1.54 bits per heavy atom. The molecule has 0 atom stereocenters. The minimum absolute atomic E-state index is 0.215. The smallest absolute Gasteiger partial charge is 0.252 e. The molecule has 0 aliphatic rings. The Kier molecular flexibility index (Phi) is 5.30. The molecule has 1 heterocycles. The Balaban J connectivity index is 2.13. The maximum absolute atomic E-state index is 12.0. The second kappa shape index (κ2) is 7.64. The fourth-order valence-corrected chi connectivity index (χ4v) is 2.63. The zero-order chi connectivity index (χ0) is 18.7. The highest BCUT2D eigenvalue weighted by Crippen LogP contribution is 2.30. The Labute approximate surface area is 160 Å². The molecule has 3 aromatic rings. The van der Waals surface area contributed by atoms with E-state index in [0.717, 1.165) is 11.4 Å². The molecule has 0 spiro atoms. The molecule has 2 N–H and O–H groups in total. The second-order valence-corrected chi connectivity index (χ2v) is 6.43. The van der Waals surface area contributed by atoms with Gasteiger partial charge in [-0.05, 0) is 55.5 Å². The van der Waals surface area contributed by atoms with Crippen LogP contribution in [0.4, 0.5) is 11.4 Å². The fraction of sp³-hybridized carbons (Fsp3) is 0.0526. The summed E-state index contributed by atoms with van der Waals surface area (Å²) in [6.45, 7) is 1.74. The number of benzene rings is 2. The summed E-state index contributed by atoms with van der Waals surface area (Å²) in [5.41, 5.74) is 7.73. The molecule has 0 saturated carbocycles. The number of aromatic nitrogens is 1. The highest BCUT2D eigenvalue weighted by atomic mass is 35.5. The standard InChI is InChI=1S/C19H15Cl2N3O2/c1-12-10-18(23-26-12)17(19(22)25)11-24(15-6-2-13(20)3-7-15)16-8-4-14(21)5-9-16/h2-11H,1H3,(H2,22,25)/b17-11-. The van der Waals surface area contributed by atoms with Crippen LogP contribution in [0, 0.1) is 6.92 Å². The number of hydrogen-bond donors (Lipinski definition) is 1. The van der Waals surface area contributed by atoms with Gasteiger partial charge in [0.2, 0.25) is 0 Å². The number of carbonyl (C=O) groups excluding carboxylic acids is 1. The van der Waals surface area contributed by atoms with Gasteiger partial charge in [0.1, 0.15) is 11.5 Å². The third-order valence-electron chi connectivity index (χ3n) is 3.64. The third-order valence-corrected chi connectivity index (χ3v) is 4.14. The summed E-state index contributed by atoms with van der Waals surface area (Å²) >= 11 is 12.0. The van der Waals surface area contributed by atoms with Crippen LogP contribution in [0.3, 0.4) is 0 Å². The SMILES string of the molecule is Cc1cc(/C(=C/N(c2ccc(Cl)cc2)c2ccc(Cl)cc2)C(N)=O)no1. The minimum Gasteiger partial charge on any atom is -0.365 e. The van der Waals surface area contributed by atoms with Crippen molar-refractivity contribution in [1.29, 1.82) is 0 Å². The lowest BCUT2D eigenvalue weighted by atomic mass is 10.1. The molecule has 0 fully saturated rings. The Hall–Kier alpha value is -2.76. The molecule has 5 nitrogen and oxygen atoms in total. The van der Waals surface area contributed by atoms with Gasteiger partial charge in [0.15, 0.2) is 0 Å². The summed E-state index contributed by atoms with van der Waals surface area (Å²) < 4.78 is 5.07. The first kappa shape index (κ1) is 18.0. The van der Waals surface area contributed by atoms with Gasteiger partial charge in [0.05, 0.1) is 5.57 Å². The number of carbonyl (C=O) groups is 1. The molecule has 1 amide bonds. The zero-order valence-electron chi connectivity index (χ0n) is 13.8. The first-order valence-corrected chi connectivity index (χ1v) is 8.45. The van der Waals surface area contributed by atoms with E-state index in [1.807, 2.05) is 24.3 Å². The number of amides is 1. The lowest BCUT2D eigenvalue weighted by Gasteiger charge is -2.22. The predicted octanol–water partition coefficient (Wildman–Crippen LogP) is 4.95. The molecule has 0 saturated heterocycles. The number of rotatable bonds is 5. The summed E-state index contributed by atoms with van der Waals surface area (Å²) in [6, 6.07) is 16.0. The number of anilines is 2. The predicted molar refractivity (Wildman–Crippen MR) is 103 cm³/mol. The van der Waals surface area contributed by atoms with E-state index in [4.69, 9.17) is 33.5 Å². The maximum atomic E-state index is 12.0. The third kappa shape index (κ3) is 4.07. The van der Waals surface area contributed by atoms with E-state index in [2.05, 4.69) is 5.16 Å². The van der Waals surface area contributed by atoms with Crippen molar-refractivity contribution in [1.82, 2.24) is 5.16 Å². The van der Waals surface area contributed by atoms with Crippen molar-refractivity contribution in [2.24, 2.45) is 5.73 Å². The van der Waals surface area contributed by atoms with E-state index in [9.17, 15) is 4.79 Å². The molecule has 7 heteroatoms. The molecule has 26 heavy (non-hydrogen) atoms. The van der Waals surface area contributed by atoms with Crippen molar-refractivity contribution >= 4 is 46.1 Å². The molecule has 0 aliphatic heterocycles. The van der Waals surface area contributed by atoms with Crippen LogP contribution in [0.2, 0.25) is 10.0 Å². The van der Waals surface area contributed by atoms with Crippen molar-refractivity contribution < 1.29 is 9.32 Å². The topological polar surface area (TPSA) is 72.4 Å². The summed E-state index contributed by atoms with van der Waals surface area (Å²) in [5.74, 6) is -0.0390. The number of halogens is 2. The molecule has 0 unspecified atom stereocenters. The lowest BCUT2D eigenvalue weighted by molar-refractivity contribution is -0.112. The Morgan fingerprint density at radius 1 is 1.04 bits per heavy atom. The average molecular weight is 388 g/mol. The van der Waals surface area contributed by atoms with Crippen LogP contribution in [-0.4, -0.2) is 11.1 Å². The molecular formula is C19H15Cl2N3O2. The molecule has 0 aliphatic carbocycles. The van der Waals surface area contributed by atoms with Crippen LogP contribution in [0.1, 0.15) is 11.5 Å². The van der Waals surface area contributed by atoms with Gasteiger partial charge in [0, 0.05) is 33.7 Å². The quantitative estimate of drug-likeness (QED) is 0.628. The van der Waals surface area contributed by atoms with Gasteiger partial charge in [-0.15, -0.1) is 0 Å². The van der Waals surface area contributed by atoms with E-state index in [0.29, 0.717) is 21.5 Å². The summed E-state index contributed by atoms with van der Waals surface area (Å²) in [5, 5.41) is 5.11. The van der Waals surface area contributed by atoms with Crippen molar-refractivity contribution in [2.45, 2.75) is 6.92 Å². The molecule has 132 valence electrons. The fourth-order valence-electron chi connectivity index (χ4n) is 2.38. The Morgan fingerprint density at radius 3 is 1.92 bits per heavy atom. The van der Waals surface area contributed by atoms with Crippen molar-refractivity contribution in [3.8, 4) is 0 Å². The molecule has 0 radical (unpaired) electrons. The number of nitrogens with two attached hydrogens (primary N) is 1. The first-order chi connectivity index (χ1) is 12.4. The minimum atomic E-state index is -0.619. The lowest BCUT2D eigenvalue weighted by Crippen LogP contribution is -2.18. The van der Waals surface area contributed by atoms with Crippen LogP contribution in [-0.2, 0) is 4.79 Å². The number of primary amides is 1. The molecule has 3 rings (SSSR count). The van der Waals surface area contributed by atoms with Gasteiger partial charge in [0.25, 0.3) is 5.91 Å². The van der Waals surface area contributed by atoms with Crippen LogP contribution >= 0.6 is 23.2 Å². The second-order valence-electron chi connectivity index (χ2n) is 5.55. The van der Waals surface area contributed by atoms with Gasteiger partial charge in [-0.2, -0.15) is 0 Å². The van der Waals surface area contributed by atoms with E-state index in [1.54, 1.807) is 48.4 Å². The van der Waals surface area contributed by atoms with Crippen LogP contribution in [0.5, 0.6) is 0 Å². The van der Waals surface area contributed by atoms with Crippen LogP contribution in [0.15, 0.2) is 65.3 Å². The van der Waals surface area contributed by atoms with Gasteiger partial charge >= 0.3 is 0 Å². The molecular weight excluding hydrogens is 373 g/mol. The van der Waals surface area contributed by atoms with Crippen molar-refractivity contribution in [3.05, 3.63) is 82.3 Å². The largest absolute Gasteiger partial charge is 0.365 e. The summed E-state index contributed by atoms with van der Waals surface area (Å²) in [7, 11) is 0. The van der Waals surface area contributed by atoms with Gasteiger partial charge < -0.3 is 15.2 Å². The van der Waals surface area contributed by atoms with Crippen molar-refractivity contribution in [3.63, 3.8) is 0 Å². The van der Waals surface area contributed by atoms with E-state index in [1.165, 1.54) is 0 Å². The number of hydrogen-bond acceptors (Lipinski definition) is 4. The summed E-state index contributed by atoms with van der Waals surface area (Å²) in [4.78, 5) is 13.8. The van der Waals surface area contributed by atoms with Crippen LogP contribution in [0.25, 0.3) is 5.57 Å². The van der Waals surface area contributed by atoms with Gasteiger partial charge in [-0.25, -0.2) is 0 Å². The first-order valence-electron chi connectivity index (χ1n) is 7.70. The average Bonchev–Trinajstić information content (AvgIpc) is 3.04. The highest BCUT2D eigenvalue weighted by Gasteiger charge is 2.17.